The van der Waals surface area contributed by atoms with Crippen LogP contribution in [0.2, 0.25) is 0 Å². The predicted octanol–water partition coefficient (Wildman–Crippen LogP) is 3.45. The lowest BCUT2D eigenvalue weighted by atomic mass is 10.0. The molecule has 6 nitrogen and oxygen atoms in total. The van der Waals surface area contributed by atoms with Crippen LogP contribution in [0.4, 0.5) is 8.78 Å². The molecule has 1 fully saturated rings. The second-order valence-electron chi connectivity index (χ2n) is 6.44. The summed E-state index contributed by atoms with van der Waals surface area (Å²) in [7, 11) is 3.22. The van der Waals surface area contributed by atoms with Gasteiger partial charge < -0.3 is 20.1 Å². The van der Waals surface area contributed by atoms with Crippen LogP contribution < -0.4 is 20.1 Å². The summed E-state index contributed by atoms with van der Waals surface area (Å²) in [5.74, 6) is 1.33. The highest BCUT2D eigenvalue weighted by Gasteiger charge is 2.21. The van der Waals surface area contributed by atoms with Crippen molar-refractivity contribution in [3.05, 3.63) is 23.8 Å². The maximum absolute atomic E-state index is 12.6. The zero-order valence-electron chi connectivity index (χ0n) is 16.7. The third-order valence-corrected chi connectivity index (χ3v) is 4.81. The molecule has 1 aromatic rings. The highest BCUT2D eigenvalue weighted by atomic mass is 127. The number of methoxy groups -OCH3 is 1. The number of hydrogen-bond donors (Lipinski definition) is 2. The number of likely N-dealkylation sites (N-methyl/N-ethyl adjacent to an activating group) is 1. The van der Waals surface area contributed by atoms with E-state index in [4.69, 9.17) is 4.74 Å². The van der Waals surface area contributed by atoms with Gasteiger partial charge in [-0.25, -0.2) is 0 Å². The first kappa shape index (κ1) is 24.7. The topological polar surface area (TPSA) is 58.1 Å². The average molecular weight is 512 g/mol. The van der Waals surface area contributed by atoms with Crippen molar-refractivity contribution in [1.82, 2.24) is 15.5 Å². The Kier molecular flexibility index (Phi) is 11.4. The Morgan fingerprint density at radius 1 is 1.32 bits per heavy atom. The van der Waals surface area contributed by atoms with Crippen molar-refractivity contribution < 1.29 is 18.3 Å². The number of ether oxygens (including phenoxy) is 2. The van der Waals surface area contributed by atoms with Crippen molar-refractivity contribution >= 4 is 29.9 Å². The van der Waals surface area contributed by atoms with Gasteiger partial charge in [-0.15, -0.1) is 24.0 Å². The number of aliphatic imine (C=N–C) groups is 1. The Morgan fingerprint density at radius 2 is 2.11 bits per heavy atom. The van der Waals surface area contributed by atoms with Gasteiger partial charge in [0.2, 0.25) is 0 Å². The quantitative estimate of drug-likeness (QED) is 0.318. The van der Waals surface area contributed by atoms with Gasteiger partial charge >= 0.3 is 6.61 Å². The number of hydrogen-bond acceptors (Lipinski definition) is 4. The first-order valence-corrected chi connectivity index (χ1v) is 9.37. The Balaban J connectivity index is 0.00000392. The van der Waals surface area contributed by atoms with Crippen LogP contribution >= 0.6 is 24.0 Å². The molecule has 1 aliphatic heterocycles. The minimum Gasteiger partial charge on any atom is -0.497 e. The fourth-order valence-electron chi connectivity index (χ4n) is 3.35. The molecular weight excluding hydrogens is 481 g/mol. The predicted molar refractivity (Wildman–Crippen MR) is 118 cm³/mol. The lowest BCUT2D eigenvalue weighted by Gasteiger charge is -2.35. The lowest BCUT2D eigenvalue weighted by molar-refractivity contribution is -0.0504. The summed E-state index contributed by atoms with van der Waals surface area (Å²) in [5, 5.41) is 6.50. The number of piperidine rings is 1. The normalized spacial score (nSPS) is 17.8. The van der Waals surface area contributed by atoms with E-state index in [1.54, 1.807) is 19.2 Å². The van der Waals surface area contributed by atoms with E-state index >= 15 is 0 Å². The molecule has 0 spiro atoms. The number of nitrogens with one attached hydrogen (secondary N) is 2. The van der Waals surface area contributed by atoms with Gasteiger partial charge in [-0.1, -0.05) is 13.3 Å². The van der Waals surface area contributed by atoms with Crippen LogP contribution in [0.3, 0.4) is 0 Å². The average Bonchev–Trinajstić information content (AvgIpc) is 2.68. The van der Waals surface area contributed by atoms with Crippen molar-refractivity contribution in [2.45, 2.75) is 45.4 Å². The summed E-state index contributed by atoms with van der Waals surface area (Å²) < 4.78 is 35.0. The molecular formula is C19H31F2IN4O2. The molecule has 28 heavy (non-hydrogen) atoms. The molecule has 1 unspecified atom stereocenters. The standard InChI is InChI=1S/C19H30F2N4O2.HI/c1-4-25-10-6-5-7-15(25)13-24-19(22-2)23-12-14-11-16(26-3)8-9-17(14)27-18(20)21;/h8-9,11,15,18H,4-7,10,12-13H2,1-3H3,(H2,22,23,24);1H. The van der Waals surface area contributed by atoms with Crippen LogP contribution in [0.15, 0.2) is 23.2 Å². The molecule has 2 N–H and O–H groups in total. The zero-order valence-corrected chi connectivity index (χ0v) is 19.0. The minimum absolute atomic E-state index is 0. The van der Waals surface area contributed by atoms with E-state index < -0.39 is 6.61 Å². The summed E-state index contributed by atoms with van der Waals surface area (Å²) in [6.45, 7) is 2.57. The van der Waals surface area contributed by atoms with Gasteiger partial charge in [0.05, 0.1) is 7.11 Å². The van der Waals surface area contributed by atoms with E-state index in [1.165, 1.54) is 32.4 Å². The fourth-order valence-corrected chi connectivity index (χ4v) is 3.35. The van der Waals surface area contributed by atoms with Crippen LogP contribution in [0, 0.1) is 0 Å². The number of benzene rings is 1. The largest absolute Gasteiger partial charge is 0.497 e. The fraction of sp³-hybridized carbons (Fsp3) is 0.632. The van der Waals surface area contributed by atoms with Gasteiger partial charge in [0, 0.05) is 31.7 Å². The second kappa shape index (κ2) is 13.0. The third-order valence-electron chi connectivity index (χ3n) is 4.81. The zero-order chi connectivity index (χ0) is 19.6. The van der Waals surface area contributed by atoms with E-state index in [-0.39, 0.29) is 29.7 Å². The van der Waals surface area contributed by atoms with Crippen molar-refractivity contribution in [2.24, 2.45) is 4.99 Å². The summed E-state index contributed by atoms with van der Waals surface area (Å²) in [6.07, 6.45) is 3.66. The monoisotopic (exact) mass is 512 g/mol. The number of alkyl halides is 2. The van der Waals surface area contributed by atoms with Gasteiger partial charge in [-0.3, -0.25) is 9.89 Å². The molecule has 9 heteroatoms. The number of rotatable bonds is 8. The van der Waals surface area contributed by atoms with E-state index in [2.05, 4.69) is 32.2 Å². The van der Waals surface area contributed by atoms with Gasteiger partial charge in [0.15, 0.2) is 5.96 Å². The molecule has 1 heterocycles. The van der Waals surface area contributed by atoms with E-state index in [0.29, 0.717) is 29.9 Å². The Hall–Kier alpha value is -1.36. The second-order valence-corrected chi connectivity index (χ2v) is 6.44. The maximum atomic E-state index is 12.6. The summed E-state index contributed by atoms with van der Waals surface area (Å²) >= 11 is 0. The van der Waals surface area contributed by atoms with Crippen molar-refractivity contribution in [1.29, 1.82) is 0 Å². The van der Waals surface area contributed by atoms with Crippen molar-refractivity contribution in [3.63, 3.8) is 0 Å². The maximum Gasteiger partial charge on any atom is 0.387 e. The smallest absolute Gasteiger partial charge is 0.387 e. The van der Waals surface area contributed by atoms with E-state index in [9.17, 15) is 8.78 Å². The molecule has 160 valence electrons. The highest BCUT2D eigenvalue weighted by molar-refractivity contribution is 14.0. The third kappa shape index (κ3) is 7.57. The molecule has 2 rings (SSSR count). The molecule has 0 amide bonds. The Labute approximate surface area is 183 Å². The molecule has 0 aromatic heterocycles. The van der Waals surface area contributed by atoms with Gasteiger partial charge in [0.25, 0.3) is 0 Å². The molecule has 1 saturated heterocycles. The SMILES string of the molecule is CCN1CCCCC1CNC(=NC)NCc1cc(OC)ccc1OC(F)F.I. The number of guanidine groups is 1. The Bertz CT molecular complexity index is 620. The van der Waals surface area contributed by atoms with Crippen LogP contribution in [-0.2, 0) is 6.54 Å². The van der Waals surface area contributed by atoms with Crippen LogP contribution in [0.1, 0.15) is 31.7 Å². The van der Waals surface area contributed by atoms with Gasteiger partial charge in [-0.05, 0) is 44.1 Å². The first-order valence-electron chi connectivity index (χ1n) is 9.37. The van der Waals surface area contributed by atoms with Crippen molar-refractivity contribution in [2.75, 3.05) is 33.8 Å². The molecule has 1 atom stereocenters. The van der Waals surface area contributed by atoms with E-state index in [0.717, 1.165) is 19.6 Å². The van der Waals surface area contributed by atoms with Crippen LogP contribution in [0.25, 0.3) is 0 Å². The summed E-state index contributed by atoms with van der Waals surface area (Å²) in [4.78, 5) is 6.70. The number of likely N-dealkylation sites (tertiary alicyclic amines) is 1. The van der Waals surface area contributed by atoms with Gasteiger partial charge in [-0.2, -0.15) is 8.78 Å². The summed E-state index contributed by atoms with van der Waals surface area (Å²) in [5.41, 5.74) is 0.574. The molecule has 0 radical (unpaired) electrons. The number of nitrogens with zero attached hydrogens (tertiary/aromatic N) is 2. The summed E-state index contributed by atoms with van der Waals surface area (Å²) in [6, 6.07) is 5.24. The molecule has 1 aromatic carbocycles. The van der Waals surface area contributed by atoms with Gasteiger partial charge in [0.1, 0.15) is 11.5 Å². The minimum atomic E-state index is -2.87. The molecule has 1 aliphatic rings. The van der Waals surface area contributed by atoms with Crippen LogP contribution in [0.5, 0.6) is 11.5 Å². The molecule has 0 saturated carbocycles. The molecule has 0 bridgehead atoms. The molecule has 0 aliphatic carbocycles. The first-order chi connectivity index (χ1) is 13.1. The van der Waals surface area contributed by atoms with E-state index in [1.807, 2.05) is 0 Å². The lowest BCUT2D eigenvalue weighted by Crippen LogP contribution is -2.48. The highest BCUT2D eigenvalue weighted by Crippen LogP contribution is 2.25. The van der Waals surface area contributed by atoms with Crippen LogP contribution in [-0.4, -0.2) is 57.3 Å². The number of halogens is 3. The Morgan fingerprint density at radius 3 is 2.75 bits per heavy atom. The van der Waals surface area contributed by atoms with Crippen molar-refractivity contribution in [3.8, 4) is 11.5 Å².